The summed E-state index contributed by atoms with van der Waals surface area (Å²) >= 11 is 0. The Morgan fingerprint density at radius 1 is 1.43 bits per heavy atom. The fraction of sp³-hybridized carbons (Fsp3) is 0.222. The van der Waals surface area contributed by atoms with E-state index >= 15 is 0 Å². The van der Waals surface area contributed by atoms with Gasteiger partial charge in [0.1, 0.15) is 11.3 Å². The van der Waals surface area contributed by atoms with Crippen molar-refractivity contribution in [3.63, 3.8) is 0 Å². The number of hydrogen-bond donors (Lipinski definition) is 1. The first-order chi connectivity index (χ1) is 6.20. The number of nitrogens with zero attached hydrogens (tertiary/aromatic N) is 2. The molecule has 5 heteroatoms. The molecule has 1 heterocycles. The maximum absolute atomic E-state index is 5.69. The minimum atomic E-state index is 0. The summed E-state index contributed by atoms with van der Waals surface area (Å²) in [4.78, 5) is 0. The number of aromatic nitrogens is 2. The van der Waals surface area contributed by atoms with Gasteiger partial charge in [0.15, 0.2) is 0 Å². The minimum Gasteiger partial charge on any atom is -0.494 e. The highest BCUT2D eigenvalue weighted by atomic mass is 35.5. The molecular formula is C9H12ClN3O. The summed E-state index contributed by atoms with van der Waals surface area (Å²) in [6, 6.07) is 3.65. The molecule has 0 unspecified atom stereocenters. The Morgan fingerprint density at radius 3 is 2.79 bits per heavy atom. The summed E-state index contributed by atoms with van der Waals surface area (Å²) < 4.78 is 6.91. The van der Waals surface area contributed by atoms with Crippen molar-refractivity contribution in [2.75, 3.05) is 12.8 Å². The Morgan fingerprint density at radius 2 is 2.14 bits per heavy atom. The van der Waals surface area contributed by atoms with Crippen molar-refractivity contribution in [1.29, 1.82) is 0 Å². The van der Waals surface area contributed by atoms with Crippen LogP contribution in [0.1, 0.15) is 0 Å². The molecule has 0 atom stereocenters. The van der Waals surface area contributed by atoms with Crippen molar-refractivity contribution in [3.05, 3.63) is 18.3 Å². The molecule has 14 heavy (non-hydrogen) atoms. The number of nitrogen functional groups attached to an aromatic ring is 1. The molecule has 0 fully saturated rings. The monoisotopic (exact) mass is 213 g/mol. The van der Waals surface area contributed by atoms with Crippen molar-refractivity contribution in [2.45, 2.75) is 0 Å². The van der Waals surface area contributed by atoms with E-state index in [1.54, 1.807) is 17.9 Å². The van der Waals surface area contributed by atoms with Gasteiger partial charge in [0.25, 0.3) is 0 Å². The standard InChI is InChI=1S/C9H11N3O.ClH/c1-12-5-6-3-7(10)4-8(13-2)9(6)11-12;/h3-5H,10H2,1-2H3;1H. The maximum atomic E-state index is 5.69. The van der Waals surface area contributed by atoms with E-state index in [4.69, 9.17) is 10.5 Å². The zero-order valence-electron chi connectivity index (χ0n) is 8.02. The molecule has 0 spiro atoms. The SMILES string of the molecule is COc1cc(N)cc2cn(C)nc12.Cl. The third-order valence-electron chi connectivity index (χ3n) is 1.93. The first-order valence-electron chi connectivity index (χ1n) is 3.97. The number of rotatable bonds is 1. The van der Waals surface area contributed by atoms with E-state index in [-0.39, 0.29) is 12.4 Å². The summed E-state index contributed by atoms with van der Waals surface area (Å²) in [6.45, 7) is 0. The van der Waals surface area contributed by atoms with Crippen molar-refractivity contribution in [1.82, 2.24) is 9.78 Å². The van der Waals surface area contributed by atoms with Crippen LogP contribution in [0.25, 0.3) is 10.9 Å². The van der Waals surface area contributed by atoms with Gasteiger partial charge in [0.2, 0.25) is 0 Å². The Bertz CT molecular complexity index is 452. The highest BCUT2D eigenvalue weighted by Crippen LogP contribution is 2.26. The van der Waals surface area contributed by atoms with Gasteiger partial charge < -0.3 is 10.5 Å². The fourth-order valence-electron chi connectivity index (χ4n) is 1.40. The van der Waals surface area contributed by atoms with Crippen molar-refractivity contribution in [3.8, 4) is 5.75 Å². The van der Waals surface area contributed by atoms with Crippen LogP contribution in [0.2, 0.25) is 0 Å². The molecule has 0 aliphatic carbocycles. The molecule has 76 valence electrons. The molecule has 1 aromatic carbocycles. The molecule has 0 saturated carbocycles. The number of halogens is 1. The molecule has 2 rings (SSSR count). The molecule has 0 saturated heterocycles. The number of methoxy groups -OCH3 is 1. The first kappa shape index (κ1) is 10.7. The number of anilines is 1. The number of nitrogens with two attached hydrogens (primary N) is 1. The van der Waals surface area contributed by atoms with Crippen LogP contribution >= 0.6 is 12.4 Å². The lowest BCUT2D eigenvalue weighted by Gasteiger charge is -2.01. The van der Waals surface area contributed by atoms with E-state index in [0.29, 0.717) is 5.69 Å². The largest absolute Gasteiger partial charge is 0.494 e. The van der Waals surface area contributed by atoms with Crippen LogP contribution in [0.5, 0.6) is 5.75 Å². The average Bonchev–Trinajstić information content (AvgIpc) is 2.43. The van der Waals surface area contributed by atoms with Crippen molar-refractivity contribution >= 4 is 29.0 Å². The second-order valence-corrected chi connectivity index (χ2v) is 2.96. The van der Waals surface area contributed by atoms with E-state index in [1.165, 1.54) is 0 Å². The van der Waals surface area contributed by atoms with Crippen LogP contribution < -0.4 is 10.5 Å². The van der Waals surface area contributed by atoms with Crippen LogP contribution in [0.15, 0.2) is 18.3 Å². The van der Waals surface area contributed by atoms with Crippen molar-refractivity contribution in [2.24, 2.45) is 7.05 Å². The van der Waals surface area contributed by atoms with Crippen LogP contribution in [0, 0.1) is 0 Å². The van der Waals surface area contributed by atoms with Crippen LogP contribution in [0.4, 0.5) is 5.69 Å². The van der Waals surface area contributed by atoms with E-state index in [1.807, 2.05) is 19.3 Å². The maximum Gasteiger partial charge on any atom is 0.149 e. The molecule has 0 bridgehead atoms. The van der Waals surface area contributed by atoms with Crippen LogP contribution in [-0.2, 0) is 7.05 Å². The highest BCUT2D eigenvalue weighted by Gasteiger charge is 2.06. The summed E-state index contributed by atoms with van der Waals surface area (Å²) in [5, 5.41) is 5.26. The second-order valence-electron chi connectivity index (χ2n) is 2.96. The highest BCUT2D eigenvalue weighted by molar-refractivity contribution is 5.87. The molecule has 2 aromatic rings. The third-order valence-corrected chi connectivity index (χ3v) is 1.93. The molecule has 4 nitrogen and oxygen atoms in total. The fourth-order valence-corrected chi connectivity index (χ4v) is 1.40. The lowest BCUT2D eigenvalue weighted by Crippen LogP contribution is -1.90. The normalized spacial score (nSPS) is 9.86. The van der Waals surface area contributed by atoms with Crippen LogP contribution in [0.3, 0.4) is 0 Å². The van der Waals surface area contributed by atoms with Gasteiger partial charge in [0.05, 0.1) is 7.11 Å². The van der Waals surface area contributed by atoms with E-state index < -0.39 is 0 Å². The second kappa shape index (κ2) is 3.75. The van der Waals surface area contributed by atoms with Gasteiger partial charge >= 0.3 is 0 Å². The number of ether oxygens (including phenoxy) is 1. The molecular weight excluding hydrogens is 202 g/mol. The summed E-state index contributed by atoms with van der Waals surface area (Å²) in [5.41, 5.74) is 7.23. The quantitative estimate of drug-likeness (QED) is 0.732. The number of fused-ring (bicyclic) bond motifs is 1. The molecule has 0 amide bonds. The first-order valence-corrected chi connectivity index (χ1v) is 3.97. The topological polar surface area (TPSA) is 53.1 Å². The van der Waals surface area contributed by atoms with Gasteiger partial charge in [-0.15, -0.1) is 12.4 Å². The Kier molecular flexibility index (Phi) is 2.86. The zero-order chi connectivity index (χ0) is 9.42. The zero-order valence-corrected chi connectivity index (χ0v) is 8.84. The Balaban J connectivity index is 0.000000980. The molecule has 0 aliphatic heterocycles. The van der Waals surface area contributed by atoms with Gasteiger partial charge in [-0.05, 0) is 6.07 Å². The molecule has 0 aliphatic rings. The molecule has 0 radical (unpaired) electrons. The van der Waals surface area contributed by atoms with Gasteiger partial charge in [-0.1, -0.05) is 0 Å². The Hall–Kier alpha value is -1.42. The lowest BCUT2D eigenvalue weighted by atomic mass is 10.2. The smallest absolute Gasteiger partial charge is 0.149 e. The summed E-state index contributed by atoms with van der Waals surface area (Å²) in [5.74, 6) is 0.718. The van der Waals surface area contributed by atoms with E-state index in [2.05, 4.69) is 5.10 Å². The molecule has 1 aromatic heterocycles. The Labute approximate surface area is 88.1 Å². The van der Waals surface area contributed by atoms with Crippen LogP contribution in [-0.4, -0.2) is 16.9 Å². The van der Waals surface area contributed by atoms with E-state index in [9.17, 15) is 0 Å². The predicted molar refractivity (Wildman–Crippen MR) is 58.9 cm³/mol. The third kappa shape index (κ3) is 1.61. The summed E-state index contributed by atoms with van der Waals surface area (Å²) in [7, 11) is 3.48. The van der Waals surface area contributed by atoms with Gasteiger partial charge in [-0.3, -0.25) is 4.68 Å². The van der Waals surface area contributed by atoms with Crippen molar-refractivity contribution < 1.29 is 4.74 Å². The van der Waals surface area contributed by atoms with Gasteiger partial charge in [-0.25, -0.2) is 0 Å². The minimum absolute atomic E-state index is 0. The lowest BCUT2D eigenvalue weighted by molar-refractivity contribution is 0.418. The van der Waals surface area contributed by atoms with Gasteiger partial charge in [0, 0.05) is 30.4 Å². The molecule has 2 N–H and O–H groups in total. The number of aryl methyl sites for hydroxylation is 1. The average molecular weight is 214 g/mol. The predicted octanol–water partition coefficient (Wildman–Crippen LogP) is 1.59. The summed E-state index contributed by atoms with van der Waals surface area (Å²) in [6.07, 6.45) is 1.91. The number of benzene rings is 1. The van der Waals surface area contributed by atoms with Gasteiger partial charge in [-0.2, -0.15) is 5.10 Å². The number of hydrogen-bond acceptors (Lipinski definition) is 3. The van der Waals surface area contributed by atoms with E-state index in [0.717, 1.165) is 16.7 Å².